The zero-order valence-electron chi connectivity index (χ0n) is 26.7. The molecule has 3 fully saturated rings. The van der Waals surface area contributed by atoms with Crippen LogP contribution in [0.1, 0.15) is 39.2 Å². The van der Waals surface area contributed by atoms with E-state index < -0.39 is 46.9 Å². The highest BCUT2D eigenvalue weighted by atomic mass is 127. The quantitative estimate of drug-likeness (QED) is 0.120. The Balaban J connectivity index is 1.26. The van der Waals surface area contributed by atoms with Crippen molar-refractivity contribution in [1.29, 1.82) is 0 Å². The minimum absolute atomic E-state index is 0.0567. The van der Waals surface area contributed by atoms with Crippen molar-refractivity contribution in [1.82, 2.24) is 0 Å². The predicted molar refractivity (Wildman–Crippen MR) is 179 cm³/mol. The molecule has 3 bridgehead atoms. The van der Waals surface area contributed by atoms with Crippen LogP contribution in [0.3, 0.4) is 0 Å². The second kappa shape index (κ2) is 11.2. The molecule has 5 aliphatic rings. The first-order valence-corrected chi connectivity index (χ1v) is 16.8. The second-order valence-electron chi connectivity index (χ2n) is 13.5. The van der Waals surface area contributed by atoms with Crippen molar-refractivity contribution in [3.8, 4) is 11.5 Å². The third-order valence-corrected chi connectivity index (χ3v) is 11.5. The lowest BCUT2D eigenvalue weighted by Crippen LogP contribution is -2.70. The first-order valence-electron chi connectivity index (χ1n) is 15.7. The standard InChI is InChI=1S/C36H38INO9/c1-19(2)34-15-21(4)36-25(31(34)45-35(46-34,47-36)17-22-9-7-6-8-10-22)12-23(16-33(41)28(36)11-20(3)30(33)39)18-43-32(40)44-24-13-26(37)29(38)27(14-24)42-5/h6-14,21,25,28,31,41H,1,15-18,38H2,2-5H3/t21-,25+,28-,31?,33-,34-,35?,36?/m1/s1. The number of ether oxygens (including phenoxy) is 6. The van der Waals surface area contributed by atoms with Crippen molar-refractivity contribution in [2.45, 2.75) is 68.9 Å². The summed E-state index contributed by atoms with van der Waals surface area (Å²) < 4.78 is 37.8. The molecule has 3 N–H and O–H groups in total. The summed E-state index contributed by atoms with van der Waals surface area (Å²) in [5, 5.41) is 12.4. The van der Waals surface area contributed by atoms with Gasteiger partial charge >= 0.3 is 6.16 Å². The van der Waals surface area contributed by atoms with Crippen LogP contribution in [0.15, 0.2) is 77.9 Å². The summed E-state index contributed by atoms with van der Waals surface area (Å²) >= 11 is 2.02. The van der Waals surface area contributed by atoms with Gasteiger partial charge in [0.1, 0.15) is 35.4 Å². The number of nitrogens with two attached hydrogens (primary N) is 1. The number of carbonyl (C=O) groups is 2. The van der Waals surface area contributed by atoms with Gasteiger partial charge in [-0.2, -0.15) is 0 Å². The van der Waals surface area contributed by atoms with E-state index in [0.29, 0.717) is 39.0 Å². The molecule has 47 heavy (non-hydrogen) atoms. The van der Waals surface area contributed by atoms with Gasteiger partial charge in [-0.05, 0) is 77.1 Å². The first kappa shape index (κ1) is 32.3. The number of halogens is 1. The smallest absolute Gasteiger partial charge is 0.494 e. The number of methoxy groups -OCH3 is 1. The average Bonchev–Trinajstić information content (AvgIpc) is 3.33. The first-order chi connectivity index (χ1) is 22.3. The van der Waals surface area contributed by atoms with Crippen molar-refractivity contribution >= 4 is 40.2 Å². The fraction of sp³-hybridized carbons (Fsp3) is 0.444. The highest BCUT2D eigenvalue weighted by Gasteiger charge is 2.79. The van der Waals surface area contributed by atoms with E-state index in [1.165, 1.54) is 13.2 Å². The van der Waals surface area contributed by atoms with Gasteiger partial charge in [0.25, 0.3) is 5.97 Å². The van der Waals surface area contributed by atoms with Gasteiger partial charge in [0, 0.05) is 27.9 Å². The number of ketones is 1. The Morgan fingerprint density at radius 1 is 1.19 bits per heavy atom. The second-order valence-corrected chi connectivity index (χ2v) is 14.6. The van der Waals surface area contributed by atoms with Crippen LogP contribution >= 0.6 is 22.6 Å². The van der Waals surface area contributed by atoms with E-state index in [2.05, 4.69) is 13.5 Å². The predicted octanol–water partition coefficient (Wildman–Crippen LogP) is 5.66. The van der Waals surface area contributed by atoms with Crippen molar-refractivity contribution in [2.75, 3.05) is 19.5 Å². The molecule has 7 rings (SSSR count). The maximum atomic E-state index is 13.8. The number of Topliss-reactive ketones (excluding diaryl/α,β-unsaturated/α-hetero) is 1. The molecule has 0 aromatic heterocycles. The Labute approximate surface area is 287 Å². The number of anilines is 1. The van der Waals surface area contributed by atoms with Crippen molar-refractivity contribution in [3.05, 3.63) is 87.0 Å². The zero-order chi connectivity index (χ0) is 33.5. The van der Waals surface area contributed by atoms with E-state index in [9.17, 15) is 14.7 Å². The topological polar surface area (TPSA) is 136 Å². The van der Waals surface area contributed by atoms with Crippen LogP contribution in [0.5, 0.6) is 11.5 Å². The normalized spacial score (nSPS) is 36.5. The summed E-state index contributed by atoms with van der Waals surface area (Å²) in [7, 11) is 1.47. The lowest BCUT2D eigenvalue weighted by Gasteiger charge is -2.59. The van der Waals surface area contributed by atoms with Crippen LogP contribution in [0.2, 0.25) is 0 Å². The van der Waals surface area contributed by atoms with Crippen molar-refractivity contribution in [2.24, 2.45) is 17.8 Å². The summed E-state index contributed by atoms with van der Waals surface area (Å²) in [5.74, 6) is -2.64. The molecule has 2 heterocycles. The lowest BCUT2D eigenvalue weighted by molar-refractivity contribution is -0.421. The highest BCUT2D eigenvalue weighted by molar-refractivity contribution is 14.1. The van der Waals surface area contributed by atoms with E-state index in [1.807, 2.05) is 72.0 Å². The third-order valence-electron chi connectivity index (χ3n) is 10.6. The Morgan fingerprint density at radius 2 is 1.94 bits per heavy atom. The number of hydrogen-bond donors (Lipinski definition) is 2. The van der Waals surface area contributed by atoms with Gasteiger partial charge in [0.05, 0.1) is 24.8 Å². The van der Waals surface area contributed by atoms with Gasteiger partial charge < -0.3 is 39.3 Å². The van der Waals surface area contributed by atoms with Crippen LogP contribution in [0.4, 0.5) is 10.5 Å². The fourth-order valence-corrected chi connectivity index (χ4v) is 9.14. The van der Waals surface area contributed by atoms with Crippen molar-refractivity contribution < 1.29 is 43.1 Å². The molecule has 3 aliphatic carbocycles. The Bertz CT molecular complexity index is 1740. The molecule has 2 aromatic carbocycles. The number of hydrogen-bond acceptors (Lipinski definition) is 10. The molecule has 0 radical (unpaired) electrons. The molecule has 2 aliphatic heterocycles. The van der Waals surface area contributed by atoms with Crippen LogP contribution in [-0.4, -0.2) is 59.6 Å². The number of carbonyl (C=O) groups excluding carboxylic acids is 2. The van der Waals surface area contributed by atoms with Crippen LogP contribution in [0.25, 0.3) is 0 Å². The molecular formula is C36H38INO9. The molecule has 1 saturated carbocycles. The monoisotopic (exact) mass is 755 g/mol. The van der Waals surface area contributed by atoms with E-state index in [1.54, 1.807) is 13.0 Å². The van der Waals surface area contributed by atoms with Gasteiger partial charge in [-0.1, -0.05) is 56.0 Å². The third kappa shape index (κ3) is 4.79. The van der Waals surface area contributed by atoms with Gasteiger partial charge in [0.15, 0.2) is 5.78 Å². The molecular weight excluding hydrogens is 717 g/mol. The maximum absolute atomic E-state index is 13.8. The van der Waals surface area contributed by atoms with E-state index in [0.717, 1.165) is 11.1 Å². The summed E-state index contributed by atoms with van der Waals surface area (Å²) in [6, 6.07) is 12.9. The molecule has 10 nitrogen and oxygen atoms in total. The number of benzene rings is 2. The van der Waals surface area contributed by atoms with Crippen LogP contribution in [-0.2, 0) is 30.2 Å². The van der Waals surface area contributed by atoms with Gasteiger partial charge in [-0.25, -0.2) is 4.79 Å². The van der Waals surface area contributed by atoms with E-state index >= 15 is 0 Å². The minimum Gasteiger partial charge on any atom is -0.494 e. The molecule has 0 amide bonds. The van der Waals surface area contributed by atoms with Gasteiger partial charge in [0.2, 0.25) is 0 Å². The number of fused-ring (bicyclic) bond motifs is 2. The largest absolute Gasteiger partial charge is 0.514 e. The maximum Gasteiger partial charge on any atom is 0.514 e. The van der Waals surface area contributed by atoms with E-state index in [4.69, 9.17) is 34.2 Å². The Morgan fingerprint density at radius 3 is 2.64 bits per heavy atom. The molecule has 0 spiro atoms. The summed E-state index contributed by atoms with van der Waals surface area (Å²) in [6.45, 7) is 9.85. The Kier molecular flexibility index (Phi) is 7.68. The molecule has 2 aromatic rings. The Hall–Kier alpha value is -3.23. The minimum atomic E-state index is -1.83. The summed E-state index contributed by atoms with van der Waals surface area (Å²) in [4.78, 5) is 26.7. The molecule has 248 valence electrons. The molecule has 3 unspecified atom stereocenters. The zero-order valence-corrected chi connectivity index (χ0v) is 28.9. The summed E-state index contributed by atoms with van der Waals surface area (Å²) in [6.07, 6.45) is 3.09. The number of aliphatic hydroxyl groups is 1. The molecule has 11 heteroatoms. The SMILES string of the molecule is C=C(C)[C@]12C[C@@H](C)C34OC(Cc5ccccc5)(OC1[C@@H]3C=C(COC(=O)Oc1cc(I)c(N)c(OC)c1)C[C@]1(O)C(=O)C(C)=C[C@@H]41)O2. The van der Waals surface area contributed by atoms with Crippen LogP contribution in [0, 0.1) is 21.3 Å². The highest BCUT2D eigenvalue weighted by Crippen LogP contribution is 2.68. The van der Waals surface area contributed by atoms with Crippen LogP contribution < -0.4 is 15.2 Å². The number of nitrogen functional groups attached to an aromatic ring is 1. The summed E-state index contributed by atoms with van der Waals surface area (Å²) in [5.41, 5.74) is 5.44. The lowest BCUT2D eigenvalue weighted by atomic mass is 9.55. The number of rotatable bonds is 7. The van der Waals surface area contributed by atoms with Crippen molar-refractivity contribution in [3.63, 3.8) is 0 Å². The van der Waals surface area contributed by atoms with E-state index in [-0.39, 0.29) is 30.5 Å². The fourth-order valence-electron chi connectivity index (χ4n) is 8.56. The van der Waals surface area contributed by atoms with Gasteiger partial charge in [-0.3, -0.25) is 4.79 Å². The average molecular weight is 756 g/mol. The molecule has 8 atom stereocenters. The van der Waals surface area contributed by atoms with Gasteiger partial charge in [-0.15, -0.1) is 0 Å². The molecule has 2 saturated heterocycles.